The van der Waals surface area contributed by atoms with Gasteiger partial charge in [-0.25, -0.2) is 10.4 Å². The maximum atomic E-state index is 12.0. The number of para-hydroxylation sites is 3. The zero-order valence-corrected chi connectivity index (χ0v) is 16.5. The normalized spacial score (nSPS) is 11.5. The van der Waals surface area contributed by atoms with Gasteiger partial charge in [0.15, 0.2) is 5.16 Å². The molecule has 0 saturated carbocycles. The maximum Gasteiger partial charge on any atom is 0.276 e. The van der Waals surface area contributed by atoms with E-state index in [9.17, 15) is 14.9 Å². The molecule has 1 N–H and O–H groups in total. The third-order valence-corrected chi connectivity index (χ3v) is 5.00. The molecule has 0 atom stereocenters. The average Bonchev–Trinajstić information content (AvgIpc) is 3.09. The molecule has 2 aromatic carbocycles. The monoisotopic (exact) mass is 409 g/mol. The third kappa shape index (κ3) is 5.08. The molecule has 1 amide bonds. The topological polar surface area (TPSA) is 102 Å². The van der Waals surface area contributed by atoms with Gasteiger partial charge in [0.05, 0.1) is 27.3 Å². The molecule has 0 aliphatic carbocycles. The highest BCUT2D eigenvalue weighted by molar-refractivity contribution is 7.99. The van der Waals surface area contributed by atoms with Gasteiger partial charge in [0.25, 0.3) is 11.6 Å². The van der Waals surface area contributed by atoms with Crippen LogP contribution in [0.3, 0.4) is 0 Å². The lowest BCUT2D eigenvalue weighted by molar-refractivity contribution is -0.385. The number of carbonyl (C=O) groups excluding carboxylic acids is 1. The lowest BCUT2D eigenvalue weighted by Gasteiger charge is -2.04. The van der Waals surface area contributed by atoms with Gasteiger partial charge in [-0.3, -0.25) is 14.9 Å². The molecule has 3 aromatic rings. The van der Waals surface area contributed by atoms with E-state index in [0.29, 0.717) is 5.56 Å². The van der Waals surface area contributed by atoms with Crippen molar-refractivity contribution in [1.82, 2.24) is 15.0 Å². The molecule has 0 aliphatic rings. The third-order valence-electron chi connectivity index (χ3n) is 4.03. The smallest absolute Gasteiger partial charge is 0.276 e. The molecule has 1 aromatic heterocycles. The zero-order valence-electron chi connectivity index (χ0n) is 15.7. The number of nitro benzene ring substituents is 1. The van der Waals surface area contributed by atoms with E-state index >= 15 is 0 Å². The van der Waals surface area contributed by atoms with Crippen molar-refractivity contribution in [3.8, 4) is 0 Å². The zero-order chi connectivity index (χ0) is 20.6. The standard InChI is InChI=1S/C20H19N5O3S/c1-2-24-18-12-6-4-10-16(18)22-20(24)29-14-19(26)23-21-13-7-9-15-8-3-5-11-17(15)25(27)28/h3-13H,2,14H2,1H3,(H,23,26)/b9-7-,21-13-. The molecule has 0 unspecified atom stereocenters. The average molecular weight is 409 g/mol. The minimum absolute atomic E-state index is 0.0106. The summed E-state index contributed by atoms with van der Waals surface area (Å²) in [5, 5.41) is 15.6. The molecule has 0 aliphatic heterocycles. The van der Waals surface area contributed by atoms with Gasteiger partial charge in [0.1, 0.15) is 0 Å². The van der Waals surface area contributed by atoms with Crippen LogP contribution < -0.4 is 5.43 Å². The number of fused-ring (bicyclic) bond motifs is 1. The first kappa shape index (κ1) is 20.3. The maximum absolute atomic E-state index is 12.0. The number of rotatable bonds is 8. The Bertz CT molecular complexity index is 1090. The van der Waals surface area contributed by atoms with E-state index in [1.54, 1.807) is 24.3 Å². The number of aryl methyl sites for hydroxylation is 1. The summed E-state index contributed by atoms with van der Waals surface area (Å²) < 4.78 is 2.06. The van der Waals surface area contributed by atoms with Crippen LogP contribution >= 0.6 is 11.8 Å². The van der Waals surface area contributed by atoms with Gasteiger partial charge in [-0.2, -0.15) is 5.10 Å². The van der Waals surface area contributed by atoms with Crippen molar-refractivity contribution in [2.45, 2.75) is 18.6 Å². The van der Waals surface area contributed by atoms with Gasteiger partial charge < -0.3 is 4.57 Å². The number of allylic oxidation sites excluding steroid dienone is 1. The summed E-state index contributed by atoms with van der Waals surface area (Å²) in [6.07, 6.45) is 4.47. The Kier molecular flexibility index (Phi) is 6.75. The molecule has 3 rings (SSSR count). The molecule has 0 radical (unpaired) electrons. The SMILES string of the molecule is CCn1c(SCC(=O)N/N=C\C=C/c2ccccc2[N+](=O)[O-])nc2ccccc21. The highest BCUT2D eigenvalue weighted by atomic mass is 32.2. The Morgan fingerprint density at radius 2 is 2.03 bits per heavy atom. The fourth-order valence-corrected chi connectivity index (χ4v) is 3.60. The highest BCUT2D eigenvalue weighted by Crippen LogP contribution is 2.23. The van der Waals surface area contributed by atoms with Crippen LogP contribution in [0.15, 0.2) is 64.9 Å². The summed E-state index contributed by atoms with van der Waals surface area (Å²) in [5.41, 5.74) is 4.84. The quantitative estimate of drug-likeness (QED) is 0.263. The number of hydrogen-bond donors (Lipinski definition) is 1. The number of benzene rings is 2. The van der Waals surface area contributed by atoms with Crippen LogP contribution in [0.2, 0.25) is 0 Å². The predicted molar refractivity (Wildman–Crippen MR) is 115 cm³/mol. The number of thioether (sulfide) groups is 1. The minimum atomic E-state index is -0.445. The van der Waals surface area contributed by atoms with Gasteiger partial charge in [-0.15, -0.1) is 0 Å². The summed E-state index contributed by atoms with van der Waals surface area (Å²) in [6, 6.07) is 14.2. The number of nitro groups is 1. The van der Waals surface area contributed by atoms with Crippen LogP contribution in [-0.4, -0.2) is 32.3 Å². The molecule has 0 spiro atoms. The van der Waals surface area contributed by atoms with Crippen LogP contribution in [0.4, 0.5) is 5.69 Å². The van der Waals surface area contributed by atoms with E-state index in [4.69, 9.17) is 0 Å². The molecule has 0 fully saturated rings. The van der Waals surface area contributed by atoms with Crippen molar-refractivity contribution >= 4 is 46.7 Å². The summed E-state index contributed by atoms with van der Waals surface area (Å²) in [4.78, 5) is 27.1. The highest BCUT2D eigenvalue weighted by Gasteiger charge is 2.11. The summed E-state index contributed by atoms with van der Waals surface area (Å²) in [6.45, 7) is 2.80. The minimum Gasteiger partial charge on any atom is -0.319 e. The Morgan fingerprint density at radius 1 is 1.28 bits per heavy atom. The van der Waals surface area contributed by atoms with Crippen LogP contribution in [0.5, 0.6) is 0 Å². The largest absolute Gasteiger partial charge is 0.319 e. The second-order valence-electron chi connectivity index (χ2n) is 5.90. The van der Waals surface area contributed by atoms with Crippen LogP contribution in [0, 0.1) is 10.1 Å². The number of nitrogens with zero attached hydrogens (tertiary/aromatic N) is 4. The van der Waals surface area contributed by atoms with Gasteiger partial charge in [0, 0.05) is 18.8 Å². The van der Waals surface area contributed by atoms with Crippen LogP contribution in [0.1, 0.15) is 12.5 Å². The van der Waals surface area contributed by atoms with Crippen molar-refractivity contribution in [2.24, 2.45) is 5.10 Å². The van der Waals surface area contributed by atoms with Gasteiger partial charge in [-0.1, -0.05) is 36.0 Å². The van der Waals surface area contributed by atoms with Crippen LogP contribution in [0.25, 0.3) is 17.1 Å². The first-order valence-corrected chi connectivity index (χ1v) is 9.88. The van der Waals surface area contributed by atoms with E-state index in [1.807, 2.05) is 31.2 Å². The molecule has 29 heavy (non-hydrogen) atoms. The molecule has 0 saturated heterocycles. The van der Waals surface area contributed by atoms with Crippen molar-refractivity contribution < 1.29 is 9.72 Å². The number of carbonyl (C=O) groups is 1. The van der Waals surface area contributed by atoms with Crippen LogP contribution in [-0.2, 0) is 11.3 Å². The molecule has 8 nitrogen and oxygen atoms in total. The first-order valence-electron chi connectivity index (χ1n) is 8.90. The number of hydrogen-bond acceptors (Lipinski definition) is 6. The number of amides is 1. The molecule has 0 bridgehead atoms. The fraction of sp³-hybridized carbons (Fsp3) is 0.150. The Balaban J connectivity index is 1.54. The molecule has 9 heteroatoms. The van der Waals surface area contributed by atoms with E-state index in [1.165, 1.54) is 30.1 Å². The second-order valence-corrected chi connectivity index (χ2v) is 6.85. The van der Waals surface area contributed by atoms with Gasteiger partial charge in [-0.05, 0) is 37.3 Å². The molecule has 148 valence electrons. The van der Waals surface area contributed by atoms with Gasteiger partial charge in [0.2, 0.25) is 0 Å². The molecular formula is C20H19N5O3S. The summed E-state index contributed by atoms with van der Waals surface area (Å²) in [7, 11) is 0. The lowest BCUT2D eigenvalue weighted by Crippen LogP contribution is -2.19. The Hall–Kier alpha value is -3.46. The molecular weight excluding hydrogens is 390 g/mol. The lowest BCUT2D eigenvalue weighted by atomic mass is 10.2. The predicted octanol–water partition coefficient (Wildman–Crippen LogP) is 3.87. The van der Waals surface area contributed by atoms with Crippen molar-refractivity contribution in [3.63, 3.8) is 0 Å². The van der Waals surface area contributed by atoms with E-state index in [-0.39, 0.29) is 17.3 Å². The number of imidazole rings is 1. The van der Waals surface area contributed by atoms with E-state index in [0.717, 1.165) is 22.7 Å². The molecule has 1 heterocycles. The second kappa shape index (κ2) is 9.65. The Labute approximate surface area is 171 Å². The fourth-order valence-electron chi connectivity index (χ4n) is 2.73. The van der Waals surface area contributed by atoms with Gasteiger partial charge >= 0.3 is 0 Å². The summed E-state index contributed by atoms with van der Waals surface area (Å²) in [5.74, 6) is -0.0887. The first-order chi connectivity index (χ1) is 14.1. The van der Waals surface area contributed by atoms with E-state index < -0.39 is 4.92 Å². The number of nitrogens with one attached hydrogen (secondary N) is 1. The number of aromatic nitrogens is 2. The van der Waals surface area contributed by atoms with Crippen molar-refractivity contribution in [3.05, 3.63) is 70.3 Å². The van der Waals surface area contributed by atoms with E-state index in [2.05, 4.69) is 20.1 Å². The Morgan fingerprint density at radius 3 is 2.83 bits per heavy atom. The summed E-state index contributed by atoms with van der Waals surface area (Å²) >= 11 is 1.34. The van der Waals surface area contributed by atoms with Crippen molar-refractivity contribution in [1.29, 1.82) is 0 Å². The number of hydrazone groups is 1. The van der Waals surface area contributed by atoms with Crippen molar-refractivity contribution in [2.75, 3.05) is 5.75 Å².